The van der Waals surface area contributed by atoms with E-state index in [-0.39, 0.29) is 0 Å². The van der Waals surface area contributed by atoms with Crippen molar-refractivity contribution in [3.05, 3.63) is 54.5 Å². The number of benzene rings is 1. The van der Waals surface area contributed by atoms with Gasteiger partial charge in [-0.2, -0.15) is 5.10 Å². The molecule has 29 heavy (non-hydrogen) atoms. The lowest BCUT2D eigenvalue weighted by atomic mass is 10.1. The molecule has 5 rings (SSSR count). The van der Waals surface area contributed by atoms with Gasteiger partial charge in [-0.05, 0) is 36.9 Å². The number of rotatable bonds is 5. The Balaban J connectivity index is 1.61. The normalized spacial score (nSPS) is 11.4. The molecule has 0 fully saturated rings. The van der Waals surface area contributed by atoms with E-state index < -0.39 is 0 Å². The third-order valence-electron chi connectivity index (χ3n) is 4.84. The number of hydrogen-bond donors (Lipinski definition) is 3. The predicted octanol–water partition coefficient (Wildman–Crippen LogP) is 3.29. The largest absolute Gasteiger partial charge is 0.497 e. The summed E-state index contributed by atoms with van der Waals surface area (Å²) in [5.74, 6) is 1.45. The van der Waals surface area contributed by atoms with Crippen LogP contribution in [0.1, 0.15) is 5.56 Å². The predicted molar refractivity (Wildman–Crippen MR) is 112 cm³/mol. The number of methoxy groups -OCH3 is 1. The molecule has 0 bridgehead atoms. The summed E-state index contributed by atoms with van der Waals surface area (Å²) in [6.45, 7) is 0.760. The van der Waals surface area contributed by atoms with E-state index >= 15 is 0 Å². The van der Waals surface area contributed by atoms with Gasteiger partial charge in [-0.3, -0.25) is 10.1 Å². The Morgan fingerprint density at radius 1 is 1.07 bits per heavy atom. The average molecular weight is 385 g/mol. The molecule has 0 atom stereocenters. The first-order valence-corrected chi connectivity index (χ1v) is 9.22. The van der Waals surface area contributed by atoms with Gasteiger partial charge in [0, 0.05) is 42.3 Å². The van der Waals surface area contributed by atoms with Crippen molar-refractivity contribution in [2.45, 2.75) is 6.54 Å². The van der Waals surface area contributed by atoms with E-state index in [0.717, 1.165) is 51.1 Å². The van der Waals surface area contributed by atoms with Crippen LogP contribution in [0, 0.1) is 0 Å². The molecule has 0 aliphatic rings. The number of ether oxygens (including phenoxy) is 1. The molecule has 0 saturated carbocycles. The molecule has 5 aromatic rings. The lowest BCUT2D eigenvalue weighted by Crippen LogP contribution is -2.05. The number of H-pyrrole nitrogens is 2. The van der Waals surface area contributed by atoms with Crippen molar-refractivity contribution in [3.8, 4) is 28.4 Å². The Hall–Kier alpha value is -3.78. The molecule has 4 aromatic heterocycles. The second kappa shape index (κ2) is 6.99. The van der Waals surface area contributed by atoms with Gasteiger partial charge in [-0.25, -0.2) is 9.97 Å². The number of hydrogen-bond acceptors (Lipinski definition) is 6. The van der Waals surface area contributed by atoms with Gasteiger partial charge < -0.3 is 15.0 Å². The number of imidazole rings is 1. The number of pyridine rings is 2. The fraction of sp³-hybridized carbons (Fsp3) is 0.143. The van der Waals surface area contributed by atoms with Crippen LogP contribution in [0.3, 0.4) is 0 Å². The van der Waals surface area contributed by atoms with Gasteiger partial charge in [0.2, 0.25) is 0 Å². The zero-order valence-electron chi connectivity index (χ0n) is 16.0. The van der Waals surface area contributed by atoms with Crippen LogP contribution in [0.2, 0.25) is 0 Å². The summed E-state index contributed by atoms with van der Waals surface area (Å²) in [5.41, 5.74) is 6.28. The summed E-state index contributed by atoms with van der Waals surface area (Å²) in [6.07, 6.45) is 5.53. The molecule has 1 aromatic carbocycles. The minimum Gasteiger partial charge on any atom is -0.497 e. The maximum atomic E-state index is 5.29. The number of aromatic nitrogens is 6. The summed E-state index contributed by atoms with van der Waals surface area (Å²) < 4.78 is 5.29. The molecule has 0 amide bonds. The highest BCUT2D eigenvalue weighted by Crippen LogP contribution is 2.30. The summed E-state index contributed by atoms with van der Waals surface area (Å²) >= 11 is 0. The lowest BCUT2D eigenvalue weighted by Gasteiger charge is -2.04. The first-order valence-electron chi connectivity index (χ1n) is 9.22. The van der Waals surface area contributed by atoms with Gasteiger partial charge in [0.15, 0.2) is 11.5 Å². The van der Waals surface area contributed by atoms with Crippen LogP contribution < -0.4 is 10.1 Å². The van der Waals surface area contributed by atoms with Crippen LogP contribution in [-0.4, -0.2) is 44.3 Å². The molecule has 0 radical (unpaired) electrons. The molecule has 0 aliphatic heterocycles. The molecule has 0 unspecified atom stereocenters. The fourth-order valence-electron chi connectivity index (χ4n) is 3.41. The standard InChI is InChI=1S/C21H19N7O/c1-22-8-12-5-13(10-23-9-12)14-6-16-19(27-28-20(16)24-11-14)21-25-17-4-3-15(29-2)7-18(17)26-21/h3-7,9-11,22H,8H2,1-2H3,(H,25,26)(H,24,27,28). The summed E-state index contributed by atoms with van der Waals surface area (Å²) in [7, 11) is 3.56. The fourth-order valence-corrected chi connectivity index (χ4v) is 3.41. The van der Waals surface area contributed by atoms with Crippen molar-refractivity contribution in [3.63, 3.8) is 0 Å². The van der Waals surface area contributed by atoms with E-state index in [0.29, 0.717) is 11.5 Å². The van der Waals surface area contributed by atoms with Crippen molar-refractivity contribution >= 4 is 22.1 Å². The van der Waals surface area contributed by atoms with E-state index in [4.69, 9.17) is 4.74 Å². The van der Waals surface area contributed by atoms with E-state index in [1.165, 1.54) is 0 Å². The molecule has 8 heteroatoms. The summed E-state index contributed by atoms with van der Waals surface area (Å²) in [6, 6.07) is 9.92. The SMILES string of the molecule is CNCc1cncc(-c2cnc3[nH]nc(-c4nc5cc(OC)ccc5[nH]4)c3c2)c1. The van der Waals surface area contributed by atoms with Crippen molar-refractivity contribution in [2.24, 2.45) is 0 Å². The second-order valence-electron chi connectivity index (χ2n) is 6.77. The van der Waals surface area contributed by atoms with Crippen LogP contribution in [0.15, 0.2) is 48.9 Å². The topological polar surface area (TPSA) is 104 Å². The molecule has 3 N–H and O–H groups in total. The summed E-state index contributed by atoms with van der Waals surface area (Å²) in [4.78, 5) is 16.9. The molecular formula is C21H19N7O. The highest BCUT2D eigenvalue weighted by atomic mass is 16.5. The van der Waals surface area contributed by atoms with E-state index in [2.05, 4.69) is 47.6 Å². The Morgan fingerprint density at radius 2 is 1.97 bits per heavy atom. The molecule has 0 saturated heterocycles. The Bertz CT molecular complexity index is 1320. The monoisotopic (exact) mass is 385 g/mol. The van der Waals surface area contributed by atoms with Crippen LogP contribution in [0.4, 0.5) is 0 Å². The molecule has 4 heterocycles. The van der Waals surface area contributed by atoms with Crippen molar-refractivity contribution in [2.75, 3.05) is 14.2 Å². The van der Waals surface area contributed by atoms with Crippen molar-refractivity contribution in [1.82, 2.24) is 35.5 Å². The van der Waals surface area contributed by atoms with Gasteiger partial charge in [0.1, 0.15) is 11.4 Å². The number of fused-ring (bicyclic) bond motifs is 2. The van der Waals surface area contributed by atoms with Crippen LogP contribution in [-0.2, 0) is 6.54 Å². The molecular weight excluding hydrogens is 366 g/mol. The maximum Gasteiger partial charge on any atom is 0.159 e. The van der Waals surface area contributed by atoms with Crippen molar-refractivity contribution < 1.29 is 4.74 Å². The van der Waals surface area contributed by atoms with E-state index in [1.54, 1.807) is 7.11 Å². The quantitative estimate of drug-likeness (QED) is 0.429. The maximum absolute atomic E-state index is 5.29. The molecule has 0 spiro atoms. The van der Waals surface area contributed by atoms with Gasteiger partial charge in [0.05, 0.1) is 23.5 Å². The second-order valence-corrected chi connectivity index (χ2v) is 6.77. The lowest BCUT2D eigenvalue weighted by molar-refractivity contribution is 0.415. The number of aromatic amines is 2. The van der Waals surface area contributed by atoms with Gasteiger partial charge in [-0.1, -0.05) is 0 Å². The van der Waals surface area contributed by atoms with E-state index in [9.17, 15) is 0 Å². The van der Waals surface area contributed by atoms with Crippen LogP contribution in [0.5, 0.6) is 5.75 Å². The average Bonchev–Trinajstić information content (AvgIpc) is 3.36. The highest BCUT2D eigenvalue weighted by Gasteiger charge is 2.15. The van der Waals surface area contributed by atoms with Gasteiger partial charge in [0.25, 0.3) is 0 Å². The highest BCUT2D eigenvalue weighted by molar-refractivity contribution is 5.93. The number of nitrogens with zero attached hydrogens (tertiary/aromatic N) is 4. The first-order chi connectivity index (χ1) is 14.2. The van der Waals surface area contributed by atoms with Crippen molar-refractivity contribution in [1.29, 1.82) is 0 Å². The summed E-state index contributed by atoms with van der Waals surface area (Å²) in [5, 5.41) is 11.5. The van der Waals surface area contributed by atoms with Gasteiger partial charge in [-0.15, -0.1) is 0 Å². The van der Waals surface area contributed by atoms with Gasteiger partial charge >= 0.3 is 0 Å². The van der Waals surface area contributed by atoms with Crippen LogP contribution in [0.25, 0.3) is 44.7 Å². The van der Waals surface area contributed by atoms with E-state index in [1.807, 2.05) is 43.8 Å². The molecule has 8 nitrogen and oxygen atoms in total. The Kier molecular flexibility index (Phi) is 4.18. The smallest absolute Gasteiger partial charge is 0.159 e. The van der Waals surface area contributed by atoms with Crippen LogP contribution >= 0.6 is 0 Å². The third kappa shape index (κ3) is 3.09. The zero-order chi connectivity index (χ0) is 19.8. The molecule has 144 valence electrons. The minimum atomic E-state index is 0.681. The zero-order valence-corrected chi connectivity index (χ0v) is 16.0. The Labute approximate surface area is 166 Å². The first kappa shape index (κ1) is 17.3. The molecule has 0 aliphatic carbocycles. The number of nitrogens with one attached hydrogen (secondary N) is 3. The Morgan fingerprint density at radius 3 is 2.83 bits per heavy atom. The minimum absolute atomic E-state index is 0.681. The third-order valence-corrected chi connectivity index (χ3v) is 4.84.